The summed E-state index contributed by atoms with van der Waals surface area (Å²) in [5.74, 6) is 0. The SMILES string of the molecule is OCC(O)CO.[MgH2]. The van der Waals surface area contributed by atoms with E-state index >= 15 is 0 Å². The molecule has 0 unspecified atom stereocenters. The first-order chi connectivity index (χ1) is 2.81. The van der Waals surface area contributed by atoms with Gasteiger partial charge in [0, 0.05) is 0 Å². The lowest BCUT2D eigenvalue weighted by molar-refractivity contribution is 0.0450. The van der Waals surface area contributed by atoms with Gasteiger partial charge in [-0.1, -0.05) is 0 Å². The van der Waals surface area contributed by atoms with E-state index < -0.39 is 6.10 Å². The Morgan fingerprint density at radius 1 is 1.14 bits per heavy atom. The summed E-state index contributed by atoms with van der Waals surface area (Å²) < 4.78 is 0. The van der Waals surface area contributed by atoms with Crippen molar-refractivity contribution in [2.24, 2.45) is 0 Å². The topological polar surface area (TPSA) is 60.7 Å². The molecule has 0 aliphatic rings. The fourth-order valence-electron chi connectivity index (χ4n) is 0.0577. The van der Waals surface area contributed by atoms with E-state index in [1.807, 2.05) is 0 Å². The van der Waals surface area contributed by atoms with Crippen LogP contribution in [0.25, 0.3) is 0 Å². The molecule has 0 saturated heterocycles. The Morgan fingerprint density at radius 2 is 1.43 bits per heavy atom. The molecule has 0 spiro atoms. The molecule has 3 N–H and O–H groups in total. The maximum absolute atomic E-state index is 8.17. The lowest BCUT2D eigenvalue weighted by Gasteiger charge is -1.96. The van der Waals surface area contributed by atoms with E-state index in [0.717, 1.165) is 0 Å². The monoisotopic (exact) mass is 118 g/mol. The Hall–Kier alpha value is 0.646. The number of hydrogen-bond acceptors (Lipinski definition) is 3. The van der Waals surface area contributed by atoms with Crippen molar-refractivity contribution >= 4 is 23.1 Å². The first-order valence-electron chi connectivity index (χ1n) is 1.71. The number of rotatable bonds is 2. The van der Waals surface area contributed by atoms with Crippen LogP contribution in [0, 0.1) is 0 Å². The first kappa shape index (κ1) is 10.6. The third kappa shape index (κ3) is 6.65. The fourth-order valence-corrected chi connectivity index (χ4v) is 0.0577. The molecule has 0 rings (SSSR count). The van der Waals surface area contributed by atoms with Crippen LogP contribution in [0.2, 0.25) is 0 Å². The lowest BCUT2D eigenvalue weighted by atomic mass is 10.4. The lowest BCUT2D eigenvalue weighted by Crippen LogP contribution is -2.15. The van der Waals surface area contributed by atoms with Crippen molar-refractivity contribution in [1.82, 2.24) is 0 Å². The third-order valence-electron chi connectivity index (χ3n) is 0.421. The van der Waals surface area contributed by atoms with Gasteiger partial charge in [-0.2, -0.15) is 0 Å². The standard InChI is InChI=1S/C3H8O3.Mg.2H/c4-1-3(6)2-5;;;/h3-6H,1-2H2;;;. The van der Waals surface area contributed by atoms with Crippen LogP contribution in [0.1, 0.15) is 0 Å². The molecular formula is C3H10MgO3. The van der Waals surface area contributed by atoms with Gasteiger partial charge in [0.25, 0.3) is 0 Å². The smallest absolute Gasteiger partial charge is 0.316 e. The molecule has 0 saturated carbocycles. The molecule has 0 aliphatic carbocycles. The summed E-state index contributed by atoms with van der Waals surface area (Å²) in [6, 6.07) is 0. The molecule has 42 valence electrons. The fraction of sp³-hybridized carbons (Fsp3) is 1.00. The summed E-state index contributed by atoms with van der Waals surface area (Å²) in [7, 11) is 0. The Bertz CT molecular complexity index is 29.4. The molecule has 0 atom stereocenters. The van der Waals surface area contributed by atoms with Gasteiger partial charge in [-0.05, 0) is 0 Å². The zero-order valence-corrected chi connectivity index (χ0v) is 3.33. The molecule has 0 aromatic carbocycles. The zero-order chi connectivity index (χ0) is 4.99. The third-order valence-corrected chi connectivity index (χ3v) is 0.421. The average molecular weight is 118 g/mol. The Labute approximate surface area is 58.1 Å². The van der Waals surface area contributed by atoms with E-state index in [-0.39, 0.29) is 36.3 Å². The molecule has 3 nitrogen and oxygen atoms in total. The van der Waals surface area contributed by atoms with Gasteiger partial charge in [0.05, 0.1) is 13.2 Å². The van der Waals surface area contributed by atoms with E-state index in [2.05, 4.69) is 0 Å². The largest absolute Gasteiger partial charge is 0.394 e. The molecule has 0 aromatic heterocycles. The van der Waals surface area contributed by atoms with Crippen LogP contribution in [0.3, 0.4) is 0 Å². The van der Waals surface area contributed by atoms with Gasteiger partial charge in [0.15, 0.2) is 0 Å². The number of aliphatic hydroxyl groups is 3. The second-order valence-electron chi connectivity index (χ2n) is 1.02. The van der Waals surface area contributed by atoms with Crippen molar-refractivity contribution < 1.29 is 15.3 Å². The molecule has 0 amide bonds. The Kier molecular flexibility index (Phi) is 10.1. The van der Waals surface area contributed by atoms with Crippen molar-refractivity contribution in [2.75, 3.05) is 13.2 Å². The number of aliphatic hydroxyl groups excluding tert-OH is 3. The van der Waals surface area contributed by atoms with Gasteiger partial charge in [-0.15, -0.1) is 0 Å². The average Bonchev–Trinajstić information content (AvgIpc) is 1.65. The maximum atomic E-state index is 8.17. The van der Waals surface area contributed by atoms with Crippen molar-refractivity contribution in [3.05, 3.63) is 0 Å². The Balaban J connectivity index is 0. The van der Waals surface area contributed by atoms with Crippen LogP contribution < -0.4 is 0 Å². The van der Waals surface area contributed by atoms with Crippen molar-refractivity contribution in [2.45, 2.75) is 6.10 Å². The Morgan fingerprint density at radius 3 is 1.43 bits per heavy atom. The second-order valence-corrected chi connectivity index (χ2v) is 1.02. The summed E-state index contributed by atoms with van der Waals surface area (Å²) in [5.41, 5.74) is 0. The molecule has 7 heavy (non-hydrogen) atoms. The van der Waals surface area contributed by atoms with Gasteiger partial charge < -0.3 is 15.3 Å². The van der Waals surface area contributed by atoms with Gasteiger partial charge in [0.1, 0.15) is 6.10 Å². The van der Waals surface area contributed by atoms with Crippen molar-refractivity contribution in [3.8, 4) is 0 Å². The molecule has 0 radical (unpaired) electrons. The van der Waals surface area contributed by atoms with Crippen LogP contribution in [-0.2, 0) is 0 Å². The van der Waals surface area contributed by atoms with Crippen LogP contribution in [0.4, 0.5) is 0 Å². The van der Waals surface area contributed by atoms with E-state index in [1.165, 1.54) is 0 Å². The van der Waals surface area contributed by atoms with Crippen LogP contribution in [0.5, 0.6) is 0 Å². The van der Waals surface area contributed by atoms with Gasteiger partial charge in [0.2, 0.25) is 0 Å². The summed E-state index contributed by atoms with van der Waals surface area (Å²) in [6.45, 7) is -0.729. The van der Waals surface area contributed by atoms with E-state index in [0.29, 0.717) is 0 Å². The summed E-state index contributed by atoms with van der Waals surface area (Å²) in [5, 5.41) is 24.0. The van der Waals surface area contributed by atoms with Crippen molar-refractivity contribution in [3.63, 3.8) is 0 Å². The zero-order valence-electron chi connectivity index (χ0n) is 3.33. The highest BCUT2D eigenvalue weighted by Gasteiger charge is 1.93. The molecule has 4 heteroatoms. The second kappa shape index (κ2) is 6.65. The minimum absolute atomic E-state index is 0. The molecule has 0 aliphatic heterocycles. The molecule has 0 heterocycles. The van der Waals surface area contributed by atoms with E-state index in [9.17, 15) is 0 Å². The van der Waals surface area contributed by atoms with Crippen molar-refractivity contribution in [1.29, 1.82) is 0 Å². The summed E-state index contributed by atoms with van der Waals surface area (Å²) in [6.07, 6.45) is -0.954. The van der Waals surface area contributed by atoms with Crippen LogP contribution >= 0.6 is 0 Å². The van der Waals surface area contributed by atoms with Gasteiger partial charge in [-0.25, -0.2) is 0 Å². The van der Waals surface area contributed by atoms with E-state index in [1.54, 1.807) is 0 Å². The highest BCUT2D eigenvalue weighted by molar-refractivity contribution is 5.75. The van der Waals surface area contributed by atoms with E-state index in [4.69, 9.17) is 15.3 Å². The maximum Gasteiger partial charge on any atom is 0.316 e. The minimum atomic E-state index is -0.954. The highest BCUT2D eigenvalue weighted by atomic mass is 24.3. The molecule has 0 bridgehead atoms. The minimum Gasteiger partial charge on any atom is -0.394 e. The van der Waals surface area contributed by atoms with Crippen LogP contribution in [0.15, 0.2) is 0 Å². The summed E-state index contributed by atoms with van der Waals surface area (Å²) in [4.78, 5) is 0. The predicted molar refractivity (Wildman–Crippen MR) is 28.7 cm³/mol. The van der Waals surface area contributed by atoms with Crippen LogP contribution in [-0.4, -0.2) is 57.7 Å². The molecule has 0 fully saturated rings. The number of hydrogen-bond donors (Lipinski definition) is 3. The highest BCUT2D eigenvalue weighted by Crippen LogP contribution is 1.71. The quantitative estimate of drug-likeness (QED) is 0.349. The normalized spacial score (nSPS) is 8.57. The molecule has 0 aromatic rings. The van der Waals surface area contributed by atoms with Gasteiger partial charge in [-0.3, -0.25) is 0 Å². The predicted octanol–water partition coefficient (Wildman–Crippen LogP) is -2.58. The molecular weight excluding hydrogens is 108 g/mol. The summed E-state index contributed by atoms with van der Waals surface area (Å²) >= 11 is 0. The first-order valence-corrected chi connectivity index (χ1v) is 1.71. The van der Waals surface area contributed by atoms with Gasteiger partial charge >= 0.3 is 23.1 Å².